The van der Waals surface area contributed by atoms with Crippen LogP contribution in [-0.2, 0) is 4.79 Å². The number of nitrogens with one attached hydrogen (secondary N) is 1. The lowest BCUT2D eigenvalue weighted by Crippen LogP contribution is -2.41. The Bertz CT molecular complexity index is 1010. The third-order valence-electron chi connectivity index (χ3n) is 7.13. The van der Waals surface area contributed by atoms with Crippen molar-refractivity contribution in [3.8, 4) is 17.0 Å². The number of rotatable bonds is 8. The molecule has 7 nitrogen and oxygen atoms in total. The molecule has 32 heavy (non-hydrogen) atoms. The lowest BCUT2D eigenvalue weighted by Gasteiger charge is -2.18. The Labute approximate surface area is 189 Å². The molecule has 4 rings (SSSR count). The first-order valence-electron chi connectivity index (χ1n) is 11.5. The number of hydrogen-bond acceptors (Lipinski definition) is 4. The highest BCUT2D eigenvalue weighted by atomic mass is 16.5. The minimum absolute atomic E-state index is 0.0677. The Morgan fingerprint density at radius 1 is 1.31 bits per heavy atom. The van der Waals surface area contributed by atoms with Gasteiger partial charge in [-0.1, -0.05) is 32.9 Å². The number of nitrogens with zero attached hydrogens (tertiary/aromatic N) is 2. The zero-order valence-corrected chi connectivity index (χ0v) is 19.3. The number of hydrogen-bond donors (Lipinski definition) is 2. The second kappa shape index (κ2) is 8.60. The van der Waals surface area contributed by atoms with Gasteiger partial charge in [-0.05, 0) is 61.6 Å². The largest absolute Gasteiger partial charge is 0.496 e. The molecule has 2 saturated carbocycles. The van der Waals surface area contributed by atoms with E-state index in [0.717, 1.165) is 36.3 Å². The average Bonchev–Trinajstić information content (AvgIpc) is 3.08. The first-order valence-corrected chi connectivity index (χ1v) is 11.5. The molecule has 1 aromatic carbocycles. The van der Waals surface area contributed by atoms with Crippen LogP contribution in [0.1, 0.15) is 69.4 Å². The molecular formula is C25H33N3O4. The third-order valence-corrected chi connectivity index (χ3v) is 7.13. The van der Waals surface area contributed by atoms with E-state index in [2.05, 4.69) is 26.1 Å². The first-order chi connectivity index (χ1) is 15.2. The lowest BCUT2D eigenvalue weighted by atomic mass is 10.0. The molecule has 2 N–H and O–H groups in total. The van der Waals surface area contributed by atoms with Gasteiger partial charge in [0.25, 0.3) is 5.91 Å². The fraction of sp³-hybridized carbons (Fsp3) is 0.560. The zero-order valence-electron chi connectivity index (χ0n) is 19.3. The van der Waals surface area contributed by atoms with Gasteiger partial charge in [-0.15, -0.1) is 0 Å². The van der Waals surface area contributed by atoms with Crippen molar-refractivity contribution in [2.24, 2.45) is 17.8 Å². The molecule has 0 saturated heterocycles. The van der Waals surface area contributed by atoms with E-state index in [0.29, 0.717) is 24.0 Å². The zero-order chi connectivity index (χ0) is 23.0. The van der Waals surface area contributed by atoms with Gasteiger partial charge in [-0.3, -0.25) is 14.3 Å². The fourth-order valence-corrected chi connectivity index (χ4v) is 5.40. The van der Waals surface area contributed by atoms with Crippen molar-refractivity contribution in [3.05, 3.63) is 36.0 Å². The van der Waals surface area contributed by atoms with Gasteiger partial charge in [0.05, 0.1) is 30.8 Å². The van der Waals surface area contributed by atoms with Crippen molar-refractivity contribution in [2.75, 3.05) is 7.11 Å². The number of aromatic nitrogens is 2. The Kier molecular flexibility index (Phi) is 6.01. The topological polar surface area (TPSA) is 93.4 Å². The maximum Gasteiger partial charge on any atom is 0.305 e. The van der Waals surface area contributed by atoms with Crippen molar-refractivity contribution in [2.45, 2.75) is 64.5 Å². The SMILES string of the molecule is COc1ccccc1-c1cc(C(=O)NC2(CC(=O)O)C[C@H]2C(C)C)nn1C1CCC(C)C1. The predicted octanol–water partition coefficient (Wildman–Crippen LogP) is 4.54. The minimum atomic E-state index is -0.895. The van der Waals surface area contributed by atoms with Gasteiger partial charge in [0.15, 0.2) is 5.69 Å². The summed E-state index contributed by atoms with van der Waals surface area (Å²) in [6.45, 7) is 6.38. The molecule has 0 bridgehead atoms. The predicted molar refractivity (Wildman–Crippen MR) is 122 cm³/mol. The summed E-state index contributed by atoms with van der Waals surface area (Å²) in [5.74, 6) is 0.606. The van der Waals surface area contributed by atoms with Crippen molar-refractivity contribution in [1.29, 1.82) is 0 Å². The summed E-state index contributed by atoms with van der Waals surface area (Å²) in [7, 11) is 1.64. The van der Waals surface area contributed by atoms with E-state index in [1.54, 1.807) is 7.11 Å². The van der Waals surface area contributed by atoms with Gasteiger partial charge < -0.3 is 15.2 Å². The number of ether oxygens (including phenoxy) is 1. The molecule has 1 aromatic heterocycles. The molecule has 3 unspecified atom stereocenters. The first kappa shape index (κ1) is 22.4. The molecule has 2 aromatic rings. The number of carbonyl (C=O) groups excluding carboxylic acids is 1. The van der Waals surface area contributed by atoms with Crippen molar-refractivity contribution < 1.29 is 19.4 Å². The molecule has 2 aliphatic carbocycles. The summed E-state index contributed by atoms with van der Waals surface area (Å²) in [4.78, 5) is 24.7. The molecule has 2 aliphatic rings. The quantitative estimate of drug-likeness (QED) is 0.630. The smallest absolute Gasteiger partial charge is 0.305 e. The number of aliphatic carboxylic acids is 1. The van der Waals surface area contributed by atoms with E-state index in [1.807, 2.05) is 35.0 Å². The van der Waals surface area contributed by atoms with E-state index >= 15 is 0 Å². The van der Waals surface area contributed by atoms with Gasteiger partial charge in [0.2, 0.25) is 0 Å². The highest BCUT2D eigenvalue weighted by molar-refractivity contribution is 5.95. The molecule has 0 spiro atoms. The van der Waals surface area contributed by atoms with Crippen LogP contribution in [0, 0.1) is 17.8 Å². The van der Waals surface area contributed by atoms with E-state index in [4.69, 9.17) is 9.84 Å². The second-order valence-electron chi connectivity index (χ2n) is 9.87. The Morgan fingerprint density at radius 3 is 2.66 bits per heavy atom. The van der Waals surface area contributed by atoms with E-state index < -0.39 is 11.5 Å². The minimum Gasteiger partial charge on any atom is -0.496 e. The summed E-state index contributed by atoms with van der Waals surface area (Å²) in [5.41, 5.74) is 1.39. The number of carboxylic acids is 1. The standard InChI is InChI=1S/C25H33N3O4/c1-15(2)19-13-25(19,14-23(29)30)26-24(31)20-12-21(18-7-5-6-8-22(18)32-4)28(27-20)17-10-9-16(3)11-17/h5-8,12,15-17,19H,9-11,13-14H2,1-4H3,(H,26,31)(H,29,30)/t16?,17?,19-,25?/m0/s1. The summed E-state index contributed by atoms with van der Waals surface area (Å²) >= 11 is 0. The number of carboxylic acid groups (broad SMARTS) is 1. The molecule has 1 amide bonds. The van der Waals surface area contributed by atoms with Crippen LogP contribution in [0.5, 0.6) is 5.75 Å². The van der Waals surface area contributed by atoms with Crippen LogP contribution < -0.4 is 10.1 Å². The number of benzene rings is 1. The van der Waals surface area contributed by atoms with Crippen LogP contribution >= 0.6 is 0 Å². The maximum absolute atomic E-state index is 13.3. The van der Waals surface area contributed by atoms with Crippen molar-refractivity contribution in [3.63, 3.8) is 0 Å². The van der Waals surface area contributed by atoms with Crippen LogP contribution in [0.4, 0.5) is 0 Å². The Balaban J connectivity index is 1.68. The van der Waals surface area contributed by atoms with Gasteiger partial charge >= 0.3 is 5.97 Å². The highest BCUT2D eigenvalue weighted by Crippen LogP contribution is 2.51. The molecular weight excluding hydrogens is 406 g/mol. The normalized spacial score (nSPS) is 26.8. The molecule has 1 heterocycles. The lowest BCUT2D eigenvalue weighted by molar-refractivity contribution is -0.137. The molecule has 4 atom stereocenters. The molecule has 2 fully saturated rings. The third kappa shape index (κ3) is 4.25. The van der Waals surface area contributed by atoms with E-state index in [-0.39, 0.29) is 24.3 Å². The van der Waals surface area contributed by atoms with Gasteiger partial charge in [0.1, 0.15) is 5.75 Å². The number of amides is 1. The number of carbonyl (C=O) groups is 2. The second-order valence-corrected chi connectivity index (χ2v) is 9.87. The van der Waals surface area contributed by atoms with Crippen LogP contribution in [0.3, 0.4) is 0 Å². The molecule has 7 heteroatoms. The van der Waals surface area contributed by atoms with Crippen LogP contribution in [0.25, 0.3) is 11.3 Å². The van der Waals surface area contributed by atoms with Gasteiger partial charge in [0, 0.05) is 5.56 Å². The summed E-state index contributed by atoms with van der Waals surface area (Å²) < 4.78 is 7.56. The Morgan fingerprint density at radius 2 is 2.06 bits per heavy atom. The van der Waals surface area contributed by atoms with Crippen LogP contribution in [0.2, 0.25) is 0 Å². The molecule has 0 aliphatic heterocycles. The van der Waals surface area contributed by atoms with Crippen molar-refractivity contribution >= 4 is 11.9 Å². The summed E-state index contributed by atoms with van der Waals surface area (Å²) in [6.07, 6.45) is 3.79. The van der Waals surface area contributed by atoms with Crippen molar-refractivity contribution in [1.82, 2.24) is 15.1 Å². The summed E-state index contributed by atoms with van der Waals surface area (Å²) in [6, 6.07) is 9.80. The number of methoxy groups -OCH3 is 1. The highest BCUT2D eigenvalue weighted by Gasteiger charge is 2.57. The fourth-order valence-electron chi connectivity index (χ4n) is 5.40. The molecule has 172 valence electrons. The molecule has 0 radical (unpaired) electrons. The van der Waals surface area contributed by atoms with Gasteiger partial charge in [-0.2, -0.15) is 5.10 Å². The van der Waals surface area contributed by atoms with Crippen LogP contribution in [-0.4, -0.2) is 39.4 Å². The summed E-state index contributed by atoms with van der Waals surface area (Å²) in [5, 5.41) is 17.2. The maximum atomic E-state index is 13.3. The number of para-hydroxylation sites is 1. The van der Waals surface area contributed by atoms with E-state index in [9.17, 15) is 14.7 Å². The van der Waals surface area contributed by atoms with Crippen LogP contribution in [0.15, 0.2) is 30.3 Å². The van der Waals surface area contributed by atoms with Gasteiger partial charge in [-0.25, -0.2) is 0 Å². The monoisotopic (exact) mass is 439 g/mol. The average molecular weight is 440 g/mol. The Hall–Kier alpha value is -2.83. The van der Waals surface area contributed by atoms with E-state index in [1.165, 1.54) is 0 Å².